The van der Waals surface area contributed by atoms with Gasteiger partial charge in [-0.15, -0.1) is 0 Å². The van der Waals surface area contributed by atoms with E-state index in [2.05, 4.69) is 0 Å². The van der Waals surface area contributed by atoms with Crippen LogP contribution in [0.4, 0.5) is 0 Å². The minimum atomic E-state index is -0.519. The molecule has 0 radical (unpaired) electrons. The molecule has 1 aliphatic rings. The van der Waals surface area contributed by atoms with Crippen LogP contribution in [0.5, 0.6) is 0 Å². The summed E-state index contributed by atoms with van der Waals surface area (Å²) in [4.78, 5) is 34.1. The molecule has 20 heavy (non-hydrogen) atoms. The number of carbonyl (C=O) groups is 3. The molecule has 0 bridgehead atoms. The van der Waals surface area contributed by atoms with Crippen LogP contribution in [-0.4, -0.2) is 32.4 Å². The average Bonchev–Trinajstić information content (AvgIpc) is 2.46. The van der Waals surface area contributed by atoms with Crippen LogP contribution in [0.15, 0.2) is 24.3 Å². The summed E-state index contributed by atoms with van der Waals surface area (Å²) >= 11 is 0. The van der Waals surface area contributed by atoms with Crippen molar-refractivity contribution in [2.24, 2.45) is 11.8 Å². The number of rotatable bonds is 4. The number of hydrogen-bond donors (Lipinski definition) is 0. The molecule has 1 aromatic rings. The molecular weight excluding hydrogens is 260 g/mol. The molecular formula is C15H16O5. The van der Waals surface area contributed by atoms with Gasteiger partial charge in [0.2, 0.25) is 0 Å². The Morgan fingerprint density at radius 3 is 2.20 bits per heavy atom. The van der Waals surface area contributed by atoms with Crippen molar-refractivity contribution < 1.29 is 23.9 Å². The van der Waals surface area contributed by atoms with Gasteiger partial charge in [0.25, 0.3) is 0 Å². The van der Waals surface area contributed by atoms with E-state index in [1.807, 2.05) is 0 Å². The summed E-state index contributed by atoms with van der Waals surface area (Å²) in [5.41, 5.74) is 1.50. The highest BCUT2D eigenvalue weighted by Crippen LogP contribution is 2.48. The molecule has 2 rings (SSSR count). The van der Waals surface area contributed by atoms with Crippen LogP contribution in [0.1, 0.15) is 28.3 Å². The maximum atomic E-state index is 11.8. The highest BCUT2D eigenvalue weighted by atomic mass is 16.5. The summed E-state index contributed by atoms with van der Waals surface area (Å²) < 4.78 is 9.48. The largest absolute Gasteiger partial charge is 0.469 e. The minimum absolute atomic E-state index is 0.0766. The zero-order valence-corrected chi connectivity index (χ0v) is 11.4. The first-order chi connectivity index (χ1) is 9.62. The Hall–Kier alpha value is -2.17. The minimum Gasteiger partial charge on any atom is -0.469 e. The third-order valence-electron chi connectivity index (χ3n) is 3.85. The van der Waals surface area contributed by atoms with Crippen LogP contribution in [-0.2, 0) is 19.1 Å². The number of carbonyl (C=O) groups excluding carboxylic acids is 3. The highest BCUT2D eigenvalue weighted by Gasteiger charge is 2.51. The molecule has 5 nitrogen and oxygen atoms in total. The van der Waals surface area contributed by atoms with Gasteiger partial charge < -0.3 is 9.47 Å². The fourth-order valence-corrected chi connectivity index (χ4v) is 2.68. The Balaban J connectivity index is 2.21. The molecule has 0 saturated heterocycles. The first-order valence-corrected chi connectivity index (χ1v) is 6.33. The van der Waals surface area contributed by atoms with Crippen molar-refractivity contribution in [2.45, 2.75) is 12.3 Å². The molecule has 0 heterocycles. The van der Waals surface area contributed by atoms with Gasteiger partial charge in [-0.1, -0.05) is 24.3 Å². The Labute approximate surface area is 116 Å². The molecule has 1 fully saturated rings. The molecule has 0 amide bonds. The summed E-state index contributed by atoms with van der Waals surface area (Å²) in [7, 11) is 2.62. The van der Waals surface area contributed by atoms with Crippen LogP contribution in [0, 0.1) is 11.8 Å². The molecule has 1 aromatic carbocycles. The van der Waals surface area contributed by atoms with Gasteiger partial charge in [-0.05, 0) is 17.9 Å². The van der Waals surface area contributed by atoms with Gasteiger partial charge in [0, 0.05) is 5.56 Å². The van der Waals surface area contributed by atoms with E-state index in [0.717, 1.165) is 11.8 Å². The molecule has 0 aliphatic heterocycles. The lowest BCUT2D eigenvalue weighted by Gasteiger charge is -2.41. The van der Waals surface area contributed by atoms with Gasteiger partial charge in [0.05, 0.1) is 26.1 Å². The third-order valence-corrected chi connectivity index (χ3v) is 3.85. The van der Waals surface area contributed by atoms with E-state index >= 15 is 0 Å². The maximum absolute atomic E-state index is 11.8. The van der Waals surface area contributed by atoms with Gasteiger partial charge in [0.15, 0.2) is 0 Å². The van der Waals surface area contributed by atoms with Crippen LogP contribution >= 0.6 is 0 Å². The fraction of sp³-hybridized carbons (Fsp3) is 0.400. The smallest absolute Gasteiger partial charge is 0.310 e. The van der Waals surface area contributed by atoms with Crippen molar-refractivity contribution in [3.8, 4) is 0 Å². The molecule has 1 saturated carbocycles. The van der Waals surface area contributed by atoms with Gasteiger partial charge in [-0.3, -0.25) is 14.4 Å². The summed E-state index contributed by atoms with van der Waals surface area (Å²) in [6, 6.07) is 7.00. The first-order valence-electron chi connectivity index (χ1n) is 6.33. The second kappa shape index (κ2) is 5.86. The fourth-order valence-electron chi connectivity index (χ4n) is 2.68. The number of hydrogen-bond acceptors (Lipinski definition) is 5. The van der Waals surface area contributed by atoms with E-state index in [1.165, 1.54) is 14.2 Å². The molecule has 1 aliphatic carbocycles. The molecule has 106 valence electrons. The number of benzene rings is 1. The number of ether oxygens (including phenoxy) is 2. The molecule has 0 N–H and O–H groups in total. The van der Waals surface area contributed by atoms with Gasteiger partial charge >= 0.3 is 11.9 Å². The van der Waals surface area contributed by atoms with E-state index < -0.39 is 17.8 Å². The number of methoxy groups -OCH3 is 2. The summed E-state index contributed by atoms with van der Waals surface area (Å²) in [5.74, 6) is -1.85. The van der Waals surface area contributed by atoms with E-state index in [9.17, 15) is 14.4 Å². The van der Waals surface area contributed by atoms with Gasteiger partial charge in [0.1, 0.15) is 6.29 Å². The van der Waals surface area contributed by atoms with E-state index in [-0.39, 0.29) is 11.9 Å². The van der Waals surface area contributed by atoms with Crippen molar-refractivity contribution in [3.05, 3.63) is 35.4 Å². The van der Waals surface area contributed by atoms with Crippen molar-refractivity contribution >= 4 is 18.2 Å². The standard InChI is InChI=1S/C15H16O5/c1-19-14(17)12-7-11(13(12)15(18)20-2)10-5-3-9(8-16)4-6-10/h3-6,8,11-13H,7H2,1-2H3/t11?,12-,13-/m0/s1. The Kier molecular flexibility index (Phi) is 4.17. The monoisotopic (exact) mass is 276 g/mol. The van der Waals surface area contributed by atoms with E-state index in [1.54, 1.807) is 24.3 Å². The van der Waals surface area contributed by atoms with Crippen LogP contribution in [0.2, 0.25) is 0 Å². The first kappa shape index (κ1) is 14.2. The maximum Gasteiger partial charge on any atom is 0.310 e. The van der Waals surface area contributed by atoms with E-state index in [4.69, 9.17) is 9.47 Å². The third kappa shape index (κ3) is 2.43. The zero-order chi connectivity index (χ0) is 14.7. The predicted molar refractivity (Wildman–Crippen MR) is 70.2 cm³/mol. The number of aldehydes is 1. The van der Waals surface area contributed by atoms with Crippen molar-refractivity contribution in [1.29, 1.82) is 0 Å². The number of esters is 2. The summed E-state index contributed by atoms with van der Waals surface area (Å²) in [6.07, 6.45) is 1.31. The second-order valence-electron chi connectivity index (χ2n) is 4.81. The topological polar surface area (TPSA) is 69.7 Å². The normalized spacial score (nSPS) is 24.4. The molecule has 0 spiro atoms. The lowest BCUT2D eigenvalue weighted by Crippen LogP contribution is -2.45. The van der Waals surface area contributed by atoms with Gasteiger partial charge in [-0.25, -0.2) is 0 Å². The van der Waals surface area contributed by atoms with Gasteiger partial charge in [-0.2, -0.15) is 0 Å². The molecule has 3 atom stereocenters. The zero-order valence-electron chi connectivity index (χ0n) is 11.4. The summed E-state index contributed by atoms with van der Waals surface area (Å²) in [5, 5.41) is 0. The molecule has 5 heteroatoms. The predicted octanol–water partition coefficient (Wildman–Crippen LogP) is 1.56. The Bertz CT molecular complexity index is 520. The van der Waals surface area contributed by atoms with Crippen LogP contribution < -0.4 is 0 Å². The summed E-state index contributed by atoms with van der Waals surface area (Å²) in [6.45, 7) is 0. The van der Waals surface area contributed by atoms with Crippen LogP contribution in [0.3, 0.4) is 0 Å². The lowest BCUT2D eigenvalue weighted by atomic mass is 9.62. The average molecular weight is 276 g/mol. The SMILES string of the molecule is COC(=O)[C@H]1CC(c2ccc(C=O)cc2)[C@@H]1C(=O)OC. The lowest BCUT2D eigenvalue weighted by molar-refractivity contribution is -0.166. The van der Waals surface area contributed by atoms with Crippen LogP contribution in [0.25, 0.3) is 0 Å². The van der Waals surface area contributed by atoms with Crippen molar-refractivity contribution in [2.75, 3.05) is 14.2 Å². The van der Waals surface area contributed by atoms with Crippen molar-refractivity contribution in [3.63, 3.8) is 0 Å². The second-order valence-corrected chi connectivity index (χ2v) is 4.81. The van der Waals surface area contributed by atoms with E-state index in [0.29, 0.717) is 12.0 Å². The quantitative estimate of drug-likeness (QED) is 0.616. The Morgan fingerprint density at radius 2 is 1.70 bits per heavy atom. The Morgan fingerprint density at radius 1 is 1.10 bits per heavy atom. The van der Waals surface area contributed by atoms with Crippen molar-refractivity contribution in [1.82, 2.24) is 0 Å². The molecule has 1 unspecified atom stereocenters. The molecule has 0 aromatic heterocycles. The highest BCUT2D eigenvalue weighted by molar-refractivity contribution is 5.85.